The molecule has 10 heteroatoms. The third-order valence-corrected chi connectivity index (χ3v) is 8.07. The molecular weight excluding hydrogens is 480 g/mol. The number of carbonyl (C=O) groups excluding carboxylic acids is 2. The smallest absolute Gasteiger partial charge is 0.253 e. The Bertz CT molecular complexity index is 1350. The van der Waals surface area contributed by atoms with E-state index in [1.807, 2.05) is 36.4 Å². The van der Waals surface area contributed by atoms with Crippen molar-refractivity contribution in [2.24, 2.45) is 11.7 Å². The zero-order valence-electron chi connectivity index (χ0n) is 20.3. The van der Waals surface area contributed by atoms with Gasteiger partial charge in [-0.15, -0.1) is 0 Å². The van der Waals surface area contributed by atoms with Gasteiger partial charge >= 0.3 is 0 Å². The molecule has 0 unspecified atom stereocenters. The molecule has 0 radical (unpaired) electrons. The monoisotopic (exact) mass is 510 g/mol. The van der Waals surface area contributed by atoms with Gasteiger partial charge in [-0.05, 0) is 54.8 Å². The number of piperidine rings is 1. The average Bonchev–Trinajstić information content (AvgIpc) is 3.42. The molecule has 3 N–H and O–H groups in total. The predicted molar refractivity (Wildman–Crippen MR) is 137 cm³/mol. The van der Waals surface area contributed by atoms with Gasteiger partial charge in [0.25, 0.3) is 5.91 Å². The third-order valence-electron chi connectivity index (χ3n) is 6.27. The molecule has 1 aliphatic heterocycles. The Morgan fingerprint density at radius 2 is 1.94 bits per heavy atom. The van der Waals surface area contributed by atoms with E-state index < -0.39 is 21.8 Å². The molecule has 2 amide bonds. The molecule has 0 bridgehead atoms. The van der Waals surface area contributed by atoms with Crippen LogP contribution in [-0.4, -0.2) is 56.6 Å². The van der Waals surface area contributed by atoms with E-state index >= 15 is 0 Å². The van der Waals surface area contributed by atoms with E-state index in [2.05, 4.69) is 5.32 Å². The van der Waals surface area contributed by atoms with Crippen molar-refractivity contribution in [1.82, 2.24) is 9.21 Å². The first-order valence-corrected chi connectivity index (χ1v) is 13.1. The maximum absolute atomic E-state index is 13.3. The minimum Gasteiger partial charge on any atom is -0.464 e. The Kier molecular flexibility index (Phi) is 7.46. The van der Waals surface area contributed by atoms with Crippen LogP contribution >= 0.6 is 0 Å². The molecule has 0 saturated carbocycles. The number of hydrogen-bond donors (Lipinski definition) is 2. The number of nitrogens with zero attached hydrogens (tertiary/aromatic N) is 2. The summed E-state index contributed by atoms with van der Waals surface area (Å²) < 4.78 is 32.4. The zero-order chi connectivity index (χ0) is 25.9. The van der Waals surface area contributed by atoms with Gasteiger partial charge in [-0.1, -0.05) is 18.2 Å². The quantitative estimate of drug-likeness (QED) is 0.480. The summed E-state index contributed by atoms with van der Waals surface area (Å²) in [6, 6.07) is 16.0. The van der Waals surface area contributed by atoms with Gasteiger partial charge in [-0.3, -0.25) is 9.59 Å². The highest BCUT2D eigenvalue weighted by Crippen LogP contribution is 2.26. The molecule has 3 aromatic rings. The van der Waals surface area contributed by atoms with Crippen LogP contribution < -0.4 is 11.1 Å². The molecule has 0 aliphatic carbocycles. The lowest BCUT2D eigenvalue weighted by atomic mass is 9.97. The van der Waals surface area contributed by atoms with Crippen LogP contribution in [0.4, 0.5) is 5.69 Å². The lowest BCUT2D eigenvalue weighted by molar-refractivity contribution is -0.123. The van der Waals surface area contributed by atoms with Crippen molar-refractivity contribution in [2.75, 3.05) is 32.5 Å². The van der Waals surface area contributed by atoms with Crippen molar-refractivity contribution in [2.45, 2.75) is 24.3 Å². The molecule has 1 saturated heterocycles. The van der Waals surface area contributed by atoms with Crippen molar-refractivity contribution in [3.8, 4) is 11.3 Å². The summed E-state index contributed by atoms with van der Waals surface area (Å²) in [6.07, 6.45) is 2.91. The van der Waals surface area contributed by atoms with E-state index in [0.717, 1.165) is 21.2 Å². The van der Waals surface area contributed by atoms with Gasteiger partial charge in [-0.2, -0.15) is 0 Å². The summed E-state index contributed by atoms with van der Waals surface area (Å²) in [5.41, 5.74) is 8.07. The van der Waals surface area contributed by atoms with Gasteiger partial charge in [0.05, 0.1) is 17.1 Å². The number of carbonyl (C=O) groups is 2. The molecule has 4 rings (SSSR count). The van der Waals surface area contributed by atoms with E-state index in [9.17, 15) is 18.0 Å². The first-order chi connectivity index (χ1) is 17.1. The Labute approximate surface area is 210 Å². The highest BCUT2D eigenvalue weighted by atomic mass is 32.2. The number of likely N-dealkylation sites (tertiary alicyclic amines) is 1. The third kappa shape index (κ3) is 5.60. The topological polar surface area (TPSA) is 126 Å². The molecule has 2 heterocycles. The fourth-order valence-electron chi connectivity index (χ4n) is 4.24. The van der Waals surface area contributed by atoms with Crippen LogP contribution in [0, 0.1) is 5.92 Å². The number of amides is 2. The second-order valence-electron chi connectivity index (χ2n) is 9.06. The summed E-state index contributed by atoms with van der Waals surface area (Å²) in [5, 5.41) is 3.25. The summed E-state index contributed by atoms with van der Waals surface area (Å²) in [5.74, 6) is -0.426. The number of anilines is 1. The summed E-state index contributed by atoms with van der Waals surface area (Å²) in [4.78, 5) is 26.6. The molecule has 190 valence electrons. The number of rotatable bonds is 8. The maximum atomic E-state index is 13.3. The van der Waals surface area contributed by atoms with Gasteiger partial charge in [0.1, 0.15) is 5.76 Å². The zero-order valence-corrected chi connectivity index (χ0v) is 21.1. The second kappa shape index (κ2) is 10.5. The Morgan fingerprint density at radius 1 is 1.14 bits per heavy atom. The van der Waals surface area contributed by atoms with E-state index in [1.54, 1.807) is 17.2 Å². The number of nitrogens with two attached hydrogens (primary N) is 1. The SMILES string of the molecule is CN(C)S(=O)(=O)c1cc(NCc2cccc(-c3ccco3)c2)cc(C(=O)N2CCC[C@H](C(N)=O)C2)c1. The van der Waals surface area contributed by atoms with Crippen LogP contribution in [0.25, 0.3) is 11.3 Å². The average molecular weight is 511 g/mol. The Hall–Kier alpha value is -3.63. The van der Waals surface area contributed by atoms with E-state index in [0.29, 0.717) is 31.6 Å². The molecular formula is C26H30N4O5S. The van der Waals surface area contributed by atoms with Crippen LogP contribution in [-0.2, 0) is 21.4 Å². The standard InChI is InChI=1S/C26H30N4O5S/c1-29(2)36(33,34)23-14-21(26(32)30-10-4-8-20(17-30)25(27)31)13-22(15-23)28-16-18-6-3-7-19(12-18)24-9-5-11-35-24/h3,5-7,9,11-15,20,28H,4,8,10,16-17H2,1-2H3,(H2,27,31)/t20-/m0/s1. The minimum absolute atomic E-state index is 0.00801. The molecule has 2 aromatic carbocycles. The Balaban J connectivity index is 1.62. The highest BCUT2D eigenvalue weighted by Gasteiger charge is 2.29. The molecule has 36 heavy (non-hydrogen) atoms. The lowest BCUT2D eigenvalue weighted by Gasteiger charge is -2.31. The normalized spacial score (nSPS) is 16.2. The number of furan rings is 1. The number of nitrogens with one attached hydrogen (secondary N) is 1. The van der Waals surface area contributed by atoms with Gasteiger partial charge in [0.2, 0.25) is 15.9 Å². The number of primary amides is 1. The van der Waals surface area contributed by atoms with Crippen molar-refractivity contribution in [1.29, 1.82) is 0 Å². The first kappa shape index (κ1) is 25.5. The van der Waals surface area contributed by atoms with E-state index in [4.69, 9.17) is 10.2 Å². The lowest BCUT2D eigenvalue weighted by Crippen LogP contribution is -2.44. The van der Waals surface area contributed by atoms with Crippen LogP contribution in [0.5, 0.6) is 0 Å². The molecule has 1 aliphatic rings. The van der Waals surface area contributed by atoms with Crippen LogP contribution in [0.3, 0.4) is 0 Å². The summed E-state index contributed by atoms with van der Waals surface area (Å²) >= 11 is 0. The summed E-state index contributed by atoms with van der Waals surface area (Å²) in [6.45, 7) is 1.11. The highest BCUT2D eigenvalue weighted by molar-refractivity contribution is 7.89. The van der Waals surface area contributed by atoms with Crippen molar-refractivity contribution >= 4 is 27.5 Å². The van der Waals surface area contributed by atoms with Gasteiger partial charge in [0.15, 0.2) is 0 Å². The molecule has 1 aromatic heterocycles. The predicted octanol–water partition coefficient (Wildman–Crippen LogP) is 3.15. The summed E-state index contributed by atoms with van der Waals surface area (Å²) in [7, 11) is -0.906. The Morgan fingerprint density at radius 3 is 2.64 bits per heavy atom. The van der Waals surface area contributed by atoms with Crippen molar-refractivity contribution in [3.05, 3.63) is 72.0 Å². The van der Waals surface area contributed by atoms with E-state index in [1.165, 1.54) is 26.2 Å². The molecule has 1 atom stereocenters. The second-order valence-corrected chi connectivity index (χ2v) is 11.2. The molecule has 1 fully saturated rings. The van der Waals surface area contributed by atoms with Gasteiger partial charge in [-0.25, -0.2) is 12.7 Å². The fraction of sp³-hybridized carbons (Fsp3) is 0.308. The minimum atomic E-state index is -3.79. The van der Waals surface area contributed by atoms with Gasteiger partial charge in [0, 0.05) is 50.5 Å². The molecule has 0 spiro atoms. The number of sulfonamides is 1. The van der Waals surface area contributed by atoms with Crippen LogP contribution in [0.2, 0.25) is 0 Å². The van der Waals surface area contributed by atoms with E-state index in [-0.39, 0.29) is 22.9 Å². The maximum Gasteiger partial charge on any atom is 0.253 e. The fourth-order valence-corrected chi connectivity index (χ4v) is 5.22. The molecule has 9 nitrogen and oxygen atoms in total. The number of hydrogen-bond acceptors (Lipinski definition) is 6. The largest absolute Gasteiger partial charge is 0.464 e. The van der Waals surface area contributed by atoms with Crippen molar-refractivity contribution < 1.29 is 22.4 Å². The van der Waals surface area contributed by atoms with Crippen molar-refractivity contribution in [3.63, 3.8) is 0 Å². The first-order valence-electron chi connectivity index (χ1n) is 11.7. The number of benzene rings is 2. The van der Waals surface area contributed by atoms with Crippen LogP contribution in [0.15, 0.2) is 70.2 Å². The van der Waals surface area contributed by atoms with Gasteiger partial charge < -0.3 is 20.4 Å². The van der Waals surface area contributed by atoms with Crippen LogP contribution in [0.1, 0.15) is 28.8 Å².